The second-order valence-electron chi connectivity index (χ2n) is 7.49. The highest BCUT2D eigenvalue weighted by molar-refractivity contribution is 5.88. The summed E-state index contributed by atoms with van der Waals surface area (Å²) in [6.07, 6.45) is 2.94. The number of carbonyl (C=O) groups is 2. The van der Waals surface area contributed by atoms with Gasteiger partial charge in [-0.3, -0.25) is 0 Å². The summed E-state index contributed by atoms with van der Waals surface area (Å²) >= 11 is 0. The van der Waals surface area contributed by atoms with Crippen LogP contribution in [0.1, 0.15) is 36.3 Å². The molecule has 2 aliphatic rings. The van der Waals surface area contributed by atoms with Crippen molar-refractivity contribution in [2.24, 2.45) is 5.92 Å². The Labute approximate surface area is 164 Å². The summed E-state index contributed by atoms with van der Waals surface area (Å²) in [7, 11) is 0. The van der Waals surface area contributed by atoms with Crippen LogP contribution >= 0.6 is 0 Å². The fourth-order valence-electron chi connectivity index (χ4n) is 4.28. The summed E-state index contributed by atoms with van der Waals surface area (Å²) < 4.78 is 5.48. The fourth-order valence-corrected chi connectivity index (χ4v) is 4.28. The highest BCUT2D eigenvalue weighted by Crippen LogP contribution is 2.47. The van der Waals surface area contributed by atoms with E-state index >= 15 is 0 Å². The molecule has 4 rings (SSSR count). The van der Waals surface area contributed by atoms with Gasteiger partial charge in [-0.05, 0) is 47.4 Å². The lowest BCUT2D eigenvalue weighted by Gasteiger charge is -2.18. The average molecular weight is 377 g/mol. The van der Waals surface area contributed by atoms with Crippen LogP contribution < -0.4 is 5.32 Å². The zero-order valence-corrected chi connectivity index (χ0v) is 15.6. The summed E-state index contributed by atoms with van der Waals surface area (Å²) in [4.78, 5) is 24.1. The van der Waals surface area contributed by atoms with Crippen molar-refractivity contribution in [3.8, 4) is 11.1 Å². The number of allylic oxidation sites excluding steroid dienone is 1. The van der Waals surface area contributed by atoms with Gasteiger partial charge in [0, 0.05) is 5.92 Å². The Morgan fingerprint density at radius 3 is 2.32 bits per heavy atom. The molecular formula is C23H23NO4. The van der Waals surface area contributed by atoms with Crippen LogP contribution in [0, 0.1) is 5.92 Å². The van der Waals surface area contributed by atoms with Crippen molar-refractivity contribution >= 4 is 12.1 Å². The zero-order chi connectivity index (χ0) is 19.7. The number of hydrogen-bond acceptors (Lipinski definition) is 3. The van der Waals surface area contributed by atoms with Gasteiger partial charge in [0.15, 0.2) is 0 Å². The number of ether oxygens (including phenoxy) is 1. The third kappa shape index (κ3) is 3.07. The molecule has 0 aliphatic heterocycles. The van der Waals surface area contributed by atoms with Crippen LogP contribution in [0.3, 0.4) is 0 Å². The van der Waals surface area contributed by atoms with Crippen molar-refractivity contribution in [1.82, 2.24) is 5.32 Å². The van der Waals surface area contributed by atoms with Crippen LogP contribution in [0.25, 0.3) is 11.1 Å². The van der Waals surface area contributed by atoms with Gasteiger partial charge in [0.25, 0.3) is 0 Å². The molecule has 0 aromatic heterocycles. The van der Waals surface area contributed by atoms with E-state index in [1.807, 2.05) is 36.4 Å². The van der Waals surface area contributed by atoms with Gasteiger partial charge in [0.1, 0.15) is 12.1 Å². The molecule has 0 bridgehead atoms. The number of fused-ring (bicyclic) bond motifs is 3. The lowest BCUT2D eigenvalue weighted by molar-refractivity contribution is -0.141. The minimum atomic E-state index is -1.20. The Morgan fingerprint density at radius 1 is 1.14 bits per heavy atom. The first kappa shape index (κ1) is 18.3. The number of carboxylic acids is 1. The number of hydrogen-bond donors (Lipinski definition) is 2. The molecule has 5 nitrogen and oxygen atoms in total. The number of carbonyl (C=O) groups excluding carboxylic acids is 1. The van der Waals surface area contributed by atoms with Gasteiger partial charge in [0.05, 0.1) is 0 Å². The Balaban J connectivity index is 1.44. The normalized spacial score (nSPS) is 22.1. The maximum Gasteiger partial charge on any atom is 0.408 e. The van der Waals surface area contributed by atoms with E-state index in [1.165, 1.54) is 0 Å². The number of benzene rings is 2. The molecule has 144 valence electrons. The quantitative estimate of drug-likeness (QED) is 0.704. The number of amides is 1. The first-order valence-electron chi connectivity index (χ1n) is 9.54. The van der Waals surface area contributed by atoms with Crippen molar-refractivity contribution in [1.29, 1.82) is 0 Å². The van der Waals surface area contributed by atoms with Crippen LogP contribution in [-0.2, 0) is 9.53 Å². The molecule has 5 heteroatoms. The number of carboxylic acid groups (broad SMARTS) is 1. The van der Waals surface area contributed by atoms with Gasteiger partial charge in [0.2, 0.25) is 0 Å². The summed E-state index contributed by atoms with van der Waals surface area (Å²) in [5, 5.41) is 12.2. The summed E-state index contributed by atoms with van der Waals surface area (Å²) in [6.45, 7) is 3.84. The van der Waals surface area contributed by atoms with Gasteiger partial charge in [-0.25, -0.2) is 9.59 Å². The number of nitrogens with one attached hydrogen (secondary N) is 1. The SMILES string of the molecule is C=CCC[C@H]1C[C@]1(NC(=O)OCC1c2ccccc2-c2ccccc21)C(=O)O. The van der Waals surface area contributed by atoms with E-state index in [0.717, 1.165) is 28.7 Å². The summed E-state index contributed by atoms with van der Waals surface area (Å²) in [5.74, 6) is -1.13. The monoisotopic (exact) mass is 377 g/mol. The topological polar surface area (TPSA) is 75.6 Å². The minimum absolute atomic E-state index is 0.0466. The Hall–Kier alpha value is -3.08. The average Bonchev–Trinajstić information content (AvgIpc) is 3.31. The Kier molecular flexibility index (Phi) is 4.67. The smallest absolute Gasteiger partial charge is 0.408 e. The molecule has 0 spiro atoms. The third-order valence-corrected chi connectivity index (χ3v) is 5.87. The maximum absolute atomic E-state index is 12.4. The van der Waals surface area contributed by atoms with Crippen LogP contribution in [0.5, 0.6) is 0 Å². The molecule has 0 saturated heterocycles. The molecule has 2 atom stereocenters. The standard InChI is InChI=1S/C23H23NO4/c1-2-3-8-15-13-23(15,21(25)26)24-22(27)28-14-20-18-11-6-4-9-16(18)17-10-5-7-12-19(17)20/h2,4-7,9-12,15,20H,1,3,8,13-14H2,(H,24,27)(H,25,26)/t15-,23+/m0/s1. The predicted molar refractivity (Wildman–Crippen MR) is 106 cm³/mol. The van der Waals surface area contributed by atoms with E-state index in [4.69, 9.17) is 4.74 Å². The minimum Gasteiger partial charge on any atom is -0.479 e. The molecule has 1 saturated carbocycles. The van der Waals surface area contributed by atoms with Crippen LogP contribution in [0.4, 0.5) is 4.79 Å². The molecule has 0 radical (unpaired) electrons. The van der Waals surface area contributed by atoms with Crippen LogP contribution in [0.2, 0.25) is 0 Å². The van der Waals surface area contributed by atoms with E-state index in [0.29, 0.717) is 12.8 Å². The Bertz CT molecular complexity index is 892. The van der Waals surface area contributed by atoms with Gasteiger partial charge in [-0.2, -0.15) is 0 Å². The molecular weight excluding hydrogens is 354 g/mol. The maximum atomic E-state index is 12.4. The predicted octanol–water partition coefficient (Wildman–Crippen LogP) is 4.33. The molecule has 0 unspecified atom stereocenters. The summed E-state index contributed by atoms with van der Waals surface area (Å²) in [5.41, 5.74) is 3.35. The second kappa shape index (κ2) is 7.15. The molecule has 1 amide bonds. The molecule has 2 aromatic rings. The van der Waals surface area contributed by atoms with E-state index < -0.39 is 17.6 Å². The van der Waals surface area contributed by atoms with Crippen molar-refractivity contribution in [2.75, 3.05) is 6.61 Å². The van der Waals surface area contributed by atoms with Crippen molar-refractivity contribution in [2.45, 2.75) is 30.7 Å². The largest absolute Gasteiger partial charge is 0.479 e. The van der Waals surface area contributed by atoms with Crippen LogP contribution in [0.15, 0.2) is 61.2 Å². The number of rotatable bonds is 7. The number of aliphatic carboxylic acids is 1. The van der Waals surface area contributed by atoms with Crippen molar-refractivity contribution in [3.63, 3.8) is 0 Å². The van der Waals surface area contributed by atoms with Gasteiger partial charge in [-0.15, -0.1) is 6.58 Å². The van der Waals surface area contributed by atoms with E-state index in [9.17, 15) is 14.7 Å². The van der Waals surface area contributed by atoms with E-state index in [1.54, 1.807) is 6.08 Å². The first-order valence-corrected chi connectivity index (χ1v) is 9.54. The molecule has 2 aliphatic carbocycles. The highest BCUT2D eigenvalue weighted by atomic mass is 16.5. The lowest BCUT2D eigenvalue weighted by Crippen LogP contribution is -2.45. The molecule has 2 aromatic carbocycles. The van der Waals surface area contributed by atoms with E-state index in [-0.39, 0.29) is 18.4 Å². The Morgan fingerprint density at radius 2 is 1.75 bits per heavy atom. The first-order chi connectivity index (χ1) is 13.6. The van der Waals surface area contributed by atoms with Gasteiger partial charge < -0.3 is 15.2 Å². The third-order valence-electron chi connectivity index (χ3n) is 5.87. The number of alkyl carbamates (subject to hydrolysis) is 1. The molecule has 28 heavy (non-hydrogen) atoms. The lowest BCUT2D eigenvalue weighted by atomic mass is 9.98. The van der Waals surface area contributed by atoms with Gasteiger partial charge in [-0.1, -0.05) is 54.6 Å². The second-order valence-corrected chi connectivity index (χ2v) is 7.49. The molecule has 1 fully saturated rings. The van der Waals surface area contributed by atoms with Crippen molar-refractivity contribution < 1.29 is 19.4 Å². The van der Waals surface area contributed by atoms with Crippen LogP contribution in [-0.4, -0.2) is 29.3 Å². The highest BCUT2D eigenvalue weighted by Gasteiger charge is 2.61. The summed E-state index contributed by atoms with van der Waals surface area (Å²) in [6, 6.07) is 16.2. The fraction of sp³-hybridized carbons (Fsp3) is 0.304. The zero-order valence-electron chi connectivity index (χ0n) is 15.6. The molecule has 2 N–H and O–H groups in total. The molecule has 0 heterocycles. The van der Waals surface area contributed by atoms with E-state index in [2.05, 4.69) is 24.0 Å². The van der Waals surface area contributed by atoms with Crippen molar-refractivity contribution in [3.05, 3.63) is 72.3 Å². The van der Waals surface area contributed by atoms with Gasteiger partial charge >= 0.3 is 12.1 Å².